The fourth-order valence-corrected chi connectivity index (χ4v) is 3.18. The van der Waals surface area contributed by atoms with Crippen LogP contribution in [0.5, 0.6) is 0 Å². The predicted molar refractivity (Wildman–Crippen MR) is 85.4 cm³/mol. The Kier molecular flexibility index (Phi) is 4.09. The summed E-state index contributed by atoms with van der Waals surface area (Å²) in [5.74, 6) is 0.582. The van der Waals surface area contributed by atoms with Crippen LogP contribution in [-0.2, 0) is 6.42 Å². The van der Waals surface area contributed by atoms with Gasteiger partial charge in [0, 0.05) is 17.0 Å². The Bertz CT molecular complexity index is 576. The lowest BCUT2D eigenvalue weighted by Crippen LogP contribution is -2.33. The van der Waals surface area contributed by atoms with Crippen molar-refractivity contribution in [1.29, 1.82) is 0 Å². The van der Waals surface area contributed by atoms with Gasteiger partial charge in [-0.05, 0) is 48.2 Å². The largest absolute Gasteiger partial charge is 0.309 e. The Morgan fingerprint density at radius 1 is 1.15 bits per heavy atom. The summed E-state index contributed by atoms with van der Waals surface area (Å²) in [6.45, 7) is 3.26. The Labute approximate surface area is 126 Å². The van der Waals surface area contributed by atoms with Gasteiger partial charge in [-0.15, -0.1) is 0 Å². The van der Waals surface area contributed by atoms with Crippen LogP contribution in [0.2, 0.25) is 5.02 Å². The summed E-state index contributed by atoms with van der Waals surface area (Å²) in [5, 5.41) is 4.51. The molecule has 0 aliphatic heterocycles. The van der Waals surface area contributed by atoms with E-state index >= 15 is 0 Å². The lowest BCUT2D eigenvalue weighted by Gasteiger charge is -2.37. The molecule has 3 rings (SSSR count). The first-order valence-corrected chi connectivity index (χ1v) is 7.74. The maximum absolute atomic E-state index is 6.01. The minimum Gasteiger partial charge on any atom is -0.309 e. The first-order chi connectivity index (χ1) is 9.79. The van der Waals surface area contributed by atoms with E-state index in [1.165, 1.54) is 23.1 Å². The van der Waals surface area contributed by atoms with Gasteiger partial charge in [0.2, 0.25) is 0 Å². The lowest BCUT2D eigenvalue weighted by atomic mass is 9.71. The third-order valence-corrected chi connectivity index (χ3v) is 4.39. The SMILES string of the molecule is CCCNC(c1ccc(Cl)cc1)C1Cc2ccccc21. The van der Waals surface area contributed by atoms with Gasteiger partial charge in [0.05, 0.1) is 0 Å². The van der Waals surface area contributed by atoms with Crippen LogP contribution >= 0.6 is 11.6 Å². The molecule has 1 nitrogen and oxygen atoms in total. The number of rotatable bonds is 5. The summed E-state index contributed by atoms with van der Waals surface area (Å²) in [5.41, 5.74) is 4.33. The topological polar surface area (TPSA) is 12.0 Å². The number of halogens is 1. The van der Waals surface area contributed by atoms with Crippen LogP contribution in [0.1, 0.15) is 42.0 Å². The molecule has 2 atom stereocenters. The van der Waals surface area contributed by atoms with Gasteiger partial charge < -0.3 is 5.32 Å². The summed E-state index contributed by atoms with van der Waals surface area (Å²) >= 11 is 6.01. The average Bonchev–Trinajstić information content (AvgIpc) is 2.45. The van der Waals surface area contributed by atoms with Gasteiger partial charge in [-0.1, -0.05) is 54.9 Å². The van der Waals surface area contributed by atoms with Crippen molar-refractivity contribution in [3.63, 3.8) is 0 Å². The van der Waals surface area contributed by atoms with Crippen molar-refractivity contribution in [1.82, 2.24) is 5.32 Å². The maximum Gasteiger partial charge on any atom is 0.0406 e. The van der Waals surface area contributed by atoms with Crippen LogP contribution in [-0.4, -0.2) is 6.54 Å². The van der Waals surface area contributed by atoms with Gasteiger partial charge in [-0.3, -0.25) is 0 Å². The molecule has 0 heterocycles. The highest BCUT2D eigenvalue weighted by Gasteiger charge is 2.33. The first-order valence-electron chi connectivity index (χ1n) is 7.36. The monoisotopic (exact) mass is 285 g/mol. The zero-order valence-corrected chi connectivity index (χ0v) is 12.5. The van der Waals surface area contributed by atoms with Crippen molar-refractivity contribution in [2.75, 3.05) is 6.54 Å². The Balaban J connectivity index is 1.86. The van der Waals surface area contributed by atoms with Crippen molar-refractivity contribution in [3.05, 3.63) is 70.2 Å². The predicted octanol–water partition coefficient (Wildman–Crippen LogP) is 4.72. The van der Waals surface area contributed by atoms with E-state index in [0.29, 0.717) is 12.0 Å². The molecule has 0 aromatic heterocycles. The van der Waals surface area contributed by atoms with Gasteiger partial charge in [0.1, 0.15) is 0 Å². The van der Waals surface area contributed by atoms with Crippen LogP contribution in [0.25, 0.3) is 0 Å². The molecule has 2 aromatic carbocycles. The highest BCUT2D eigenvalue weighted by Crippen LogP contribution is 2.43. The molecule has 1 aliphatic rings. The lowest BCUT2D eigenvalue weighted by molar-refractivity contribution is 0.411. The molecule has 104 valence electrons. The van der Waals surface area contributed by atoms with Gasteiger partial charge in [-0.2, -0.15) is 0 Å². The zero-order chi connectivity index (χ0) is 13.9. The van der Waals surface area contributed by atoms with Crippen LogP contribution in [0, 0.1) is 0 Å². The van der Waals surface area contributed by atoms with Crippen molar-refractivity contribution in [2.45, 2.75) is 31.7 Å². The highest BCUT2D eigenvalue weighted by molar-refractivity contribution is 6.30. The number of fused-ring (bicyclic) bond motifs is 1. The van der Waals surface area contributed by atoms with Gasteiger partial charge in [-0.25, -0.2) is 0 Å². The summed E-state index contributed by atoms with van der Waals surface area (Å²) in [4.78, 5) is 0. The van der Waals surface area contributed by atoms with Crippen LogP contribution in [0.4, 0.5) is 0 Å². The van der Waals surface area contributed by atoms with Gasteiger partial charge >= 0.3 is 0 Å². The van der Waals surface area contributed by atoms with E-state index in [0.717, 1.165) is 18.0 Å². The summed E-state index contributed by atoms with van der Waals surface area (Å²) < 4.78 is 0. The molecule has 0 spiro atoms. The molecule has 0 amide bonds. The Morgan fingerprint density at radius 2 is 1.90 bits per heavy atom. The third kappa shape index (κ3) is 2.61. The van der Waals surface area contributed by atoms with E-state index in [-0.39, 0.29) is 0 Å². The van der Waals surface area contributed by atoms with Crippen molar-refractivity contribution < 1.29 is 0 Å². The number of nitrogens with one attached hydrogen (secondary N) is 1. The van der Waals surface area contributed by atoms with E-state index < -0.39 is 0 Å². The molecular weight excluding hydrogens is 266 g/mol. The quantitative estimate of drug-likeness (QED) is 0.838. The smallest absolute Gasteiger partial charge is 0.0406 e. The van der Waals surface area contributed by atoms with E-state index in [1.54, 1.807) is 0 Å². The molecule has 0 saturated carbocycles. The van der Waals surface area contributed by atoms with E-state index in [4.69, 9.17) is 11.6 Å². The van der Waals surface area contributed by atoms with E-state index in [9.17, 15) is 0 Å². The molecule has 2 aromatic rings. The molecule has 0 radical (unpaired) electrons. The fraction of sp³-hybridized carbons (Fsp3) is 0.333. The second kappa shape index (κ2) is 5.99. The van der Waals surface area contributed by atoms with Crippen LogP contribution in [0.3, 0.4) is 0 Å². The molecule has 1 aliphatic carbocycles. The van der Waals surface area contributed by atoms with Gasteiger partial charge in [0.15, 0.2) is 0 Å². The average molecular weight is 286 g/mol. The fourth-order valence-electron chi connectivity index (χ4n) is 3.06. The Hall–Kier alpha value is -1.31. The number of hydrogen-bond donors (Lipinski definition) is 1. The van der Waals surface area contributed by atoms with Gasteiger partial charge in [0.25, 0.3) is 0 Å². The summed E-state index contributed by atoms with van der Waals surface area (Å²) in [7, 11) is 0. The molecule has 0 saturated heterocycles. The molecule has 2 unspecified atom stereocenters. The van der Waals surface area contributed by atoms with Crippen LogP contribution < -0.4 is 5.32 Å². The minimum absolute atomic E-state index is 0.391. The second-order valence-electron chi connectivity index (χ2n) is 5.49. The molecule has 0 fully saturated rings. The minimum atomic E-state index is 0.391. The molecule has 2 heteroatoms. The highest BCUT2D eigenvalue weighted by atomic mass is 35.5. The normalized spacial score (nSPS) is 18.2. The maximum atomic E-state index is 6.01. The molecule has 0 bridgehead atoms. The number of hydrogen-bond acceptors (Lipinski definition) is 1. The van der Waals surface area contributed by atoms with Crippen molar-refractivity contribution in [3.8, 4) is 0 Å². The summed E-state index contributed by atoms with van der Waals surface area (Å²) in [6.07, 6.45) is 2.32. The third-order valence-electron chi connectivity index (χ3n) is 4.14. The van der Waals surface area contributed by atoms with Crippen molar-refractivity contribution in [2.24, 2.45) is 0 Å². The number of benzene rings is 2. The van der Waals surface area contributed by atoms with Crippen molar-refractivity contribution >= 4 is 11.6 Å². The first kappa shape index (κ1) is 13.7. The molecule has 1 N–H and O–H groups in total. The molecule has 20 heavy (non-hydrogen) atoms. The van der Waals surface area contributed by atoms with E-state index in [2.05, 4.69) is 48.6 Å². The zero-order valence-electron chi connectivity index (χ0n) is 11.8. The summed E-state index contributed by atoms with van der Waals surface area (Å²) in [6, 6.07) is 17.4. The Morgan fingerprint density at radius 3 is 2.60 bits per heavy atom. The standard InChI is InChI=1S/C18H20ClN/c1-2-11-20-18(13-7-9-15(19)10-8-13)17-12-14-5-3-4-6-16(14)17/h3-10,17-18,20H,2,11-12H2,1H3. The van der Waals surface area contributed by atoms with Crippen LogP contribution in [0.15, 0.2) is 48.5 Å². The molecular formula is C18H20ClN. The van der Waals surface area contributed by atoms with E-state index in [1.807, 2.05) is 12.1 Å². The second-order valence-corrected chi connectivity index (χ2v) is 5.93.